The minimum Gasteiger partial charge on any atom is -0.481 e. The van der Waals surface area contributed by atoms with Gasteiger partial charge in [-0.3, -0.25) is 4.79 Å². The van der Waals surface area contributed by atoms with Crippen molar-refractivity contribution in [3.05, 3.63) is 0 Å². The molecule has 0 aliphatic heterocycles. The number of rotatable bonds is 5. The van der Waals surface area contributed by atoms with Crippen molar-refractivity contribution < 1.29 is 40.5 Å². The van der Waals surface area contributed by atoms with Crippen molar-refractivity contribution in [3.8, 4) is 0 Å². The van der Waals surface area contributed by atoms with Crippen LogP contribution in [0.4, 0.5) is 0 Å². The molecule has 0 aromatic rings. The van der Waals surface area contributed by atoms with E-state index in [0.717, 1.165) is 27.7 Å². The Labute approximate surface area is 117 Å². The summed E-state index contributed by atoms with van der Waals surface area (Å²) in [6.07, 6.45) is -2.96. The van der Waals surface area contributed by atoms with Gasteiger partial charge in [0.05, 0.1) is 12.7 Å². The number of aliphatic hydroxyl groups excluding tert-OH is 3. The van der Waals surface area contributed by atoms with Crippen molar-refractivity contribution in [2.45, 2.75) is 63.6 Å². The summed E-state index contributed by atoms with van der Waals surface area (Å²) in [6.45, 7) is 4.80. The largest absolute Gasteiger partial charge is 0.481 e. The lowest BCUT2D eigenvalue weighted by atomic mass is 9.70. The Balaban J connectivity index is 0. The molecule has 8 nitrogen and oxygen atoms in total. The monoisotopic (exact) mass is 298 g/mol. The first-order valence-corrected chi connectivity index (χ1v) is 5.98. The predicted octanol–water partition coefficient (Wildman–Crippen LogP) is -1.94. The van der Waals surface area contributed by atoms with Gasteiger partial charge in [0.2, 0.25) is 0 Å². The maximum atomic E-state index is 10.1. The summed E-state index contributed by atoms with van der Waals surface area (Å²) in [5, 5.41) is 65.0. The third-order valence-corrected chi connectivity index (χ3v) is 3.38. The lowest BCUT2D eigenvalue weighted by molar-refractivity contribution is -0.271. The zero-order valence-electron chi connectivity index (χ0n) is 12.4. The normalized spacial score (nSPS) is 23.1. The molecule has 8 heteroatoms. The van der Waals surface area contributed by atoms with Gasteiger partial charge in [0, 0.05) is 6.92 Å². The predicted molar refractivity (Wildman–Crippen MR) is 70.0 cm³/mol. The lowest BCUT2D eigenvalue weighted by Gasteiger charge is -2.49. The summed E-state index contributed by atoms with van der Waals surface area (Å²) in [5.74, 6) is -0.833. The molecule has 0 amide bonds. The van der Waals surface area contributed by atoms with Gasteiger partial charge in [-0.2, -0.15) is 0 Å². The summed E-state index contributed by atoms with van der Waals surface area (Å²) in [4.78, 5) is 9.00. The van der Waals surface area contributed by atoms with Crippen LogP contribution >= 0.6 is 0 Å². The molecule has 0 aliphatic rings. The topological polar surface area (TPSA) is 159 Å². The van der Waals surface area contributed by atoms with E-state index in [1.807, 2.05) is 0 Å². The fourth-order valence-corrected chi connectivity index (χ4v) is 1.46. The number of aliphatic hydroxyl groups is 6. The minimum absolute atomic E-state index is 0.803. The molecule has 20 heavy (non-hydrogen) atoms. The Hall–Kier alpha value is -0.770. The van der Waals surface area contributed by atoms with Gasteiger partial charge in [-0.15, -0.1) is 0 Å². The van der Waals surface area contributed by atoms with E-state index in [2.05, 4.69) is 0 Å². The van der Waals surface area contributed by atoms with E-state index in [4.69, 9.17) is 15.0 Å². The van der Waals surface area contributed by atoms with Gasteiger partial charge in [-0.05, 0) is 27.7 Å². The molecule has 1 unspecified atom stereocenters. The summed E-state index contributed by atoms with van der Waals surface area (Å²) in [7, 11) is 0. The lowest BCUT2D eigenvalue weighted by Crippen LogP contribution is -2.70. The summed E-state index contributed by atoms with van der Waals surface area (Å²) < 4.78 is 0. The van der Waals surface area contributed by atoms with Crippen molar-refractivity contribution in [3.63, 3.8) is 0 Å². The van der Waals surface area contributed by atoms with E-state index in [1.165, 1.54) is 6.92 Å². The first kappa shape index (κ1) is 21.5. The van der Waals surface area contributed by atoms with Crippen LogP contribution in [-0.4, -0.2) is 77.3 Å². The molecule has 0 saturated heterocycles. The molecular formula is C12H26O8. The van der Waals surface area contributed by atoms with E-state index < -0.39 is 41.6 Å². The molecule has 7 N–H and O–H groups in total. The summed E-state index contributed by atoms with van der Waals surface area (Å²) >= 11 is 0. The van der Waals surface area contributed by atoms with Crippen molar-refractivity contribution in [2.75, 3.05) is 6.61 Å². The van der Waals surface area contributed by atoms with Crippen LogP contribution in [0.3, 0.4) is 0 Å². The number of carbonyl (C=O) groups is 1. The zero-order chi connectivity index (χ0) is 16.9. The molecular weight excluding hydrogens is 272 g/mol. The molecule has 0 aromatic carbocycles. The molecule has 0 aliphatic carbocycles. The van der Waals surface area contributed by atoms with Crippen LogP contribution in [0.25, 0.3) is 0 Å². The van der Waals surface area contributed by atoms with Crippen molar-refractivity contribution in [1.29, 1.82) is 0 Å². The number of hydrogen-bond donors (Lipinski definition) is 7. The highest BCUT2D eigenvalue weighted by Gasteiger charge is 2.57. The van der Waals surface area contributed by atoms with Gasteiger partial charge < -0.3 is 35.7 Å². The quantitative estimate of drug-likeness (QED) is 0.309. The Morgan fingerprint density at radius 3 is 1.60 bits per heavy atom. The van der Waals surface area contributed by atoms with Crippen molar-refractivity contribution in [1.82, 2.24) is 0 Å². The number of aliphatic carboxylic acids is 1. The third kappa shape index (κ3) is 4.97. The second-order valence-electron chi connectivity index (χ2n) is 5.36. The van der Waals surface area contributed by atoms with Gasteiger partial charge in [0.1, 0.15) is 22.9 Å². The van der Waals surface area contributed by atoms with Crippen LogP contribution < -0.4 is 0 Å². The fourth-order valence-electron chi connectivity index (χ4n) is 1.46. The Bertz CT molecular complexity index is 305. The molecule has 122 valence electrons. The van der Waals surface area contributed by atoms with Crippen LogP contribution in [0.15, 0.2) is 0 Å². The van der Waals surface area contributed by atoms with Crippen molar-refractivity contribution >= 4 is 5.97 Å². The van der Waals surface area contributed by atoms with E-state index in [-0.39, 0.29) is 0 Å². The van der Waals surface area contributed by atoms with Gasteiger partial charge in [0.25, 0.3) is 5.97 Å². The highest BCUT2D eigenvalue weighted by molar-refractivity contribution is 5.62. The van der Waals surface area contributed by atoms with Gasteiger partial charge in [-0.1, -0.05) is 0 Å². The Kier molecular flexibility index (Phi) is 7.86. The molecule has 0 spiro atoms. The standard InChI is InChI=1S/C10H22O6.C2H4O2/c1-6(12)7(13)9(3,15)10(4,16)8(2,14)5-11;1-2(3)4/h6-7,11-16H,5H2,1-4H3;1H3,(H,3,4)/t6?,7-,8+,9+,10-;/m1./s1. The fraction of sp³-hybridized carbons (Fsp3) is 0.917. The van der Waals surface area contributed by atoms with Gasteiger partial charge in [0.15, 0.2) is 0 Å². The van der Waals surface area contributed by atoms with E-state index in [1.54, 1.807) is 0 Å². The second kappa shape index (κ2) is 7.30. The summed E-state index contributed by atoms with van der Waals surface area (Å²) in [5.41, 5.74) is -6.41. The first-order valence-electron chi connectivity index (χ1n) is 5.98. The second-order valence-corrected chi connectivity index (χ2v) is 5.36. The van der Waals surface area contributed by atoms with E-state index >= 15 is 0 Å². The van der Waals surface area contributed by atoms with Crippen LogP contribution in [0.1, 0.15) is 34.6 Å². The molecule has 0 bridgehead atoms. The van der Waals surface area contributed by atoms with Gasteiger partial charge in [-0.25, -0.2) is 0 Å². The van der Waals surface area contributed by atoms with Crippen LogP contribution in [-0.2, 0) is 4.79 Å². The van der Waals surface area contributed by atoms with Crippen LogP contribution in [0.5, 0.6) is 0 Å². The highest BCUT2D eigenvalue weighted by Crippen LogP contribution is 2.35. The smallest absolute Gasteiger partial charge is 0.300 e. The Morgan fingerprint density at radius 1 is 1.10 bits per heavy atom. The maximum Gasteiger partial charge on any atom is 0.300 e. The molecule has 0 heterocycles. The van der Waals surface area contributed by atoms with Crippen LogP contribution in [0, 0.1) is 0 Å². The molecule has 0 fully saturated rings. The number of carboxylic acids is 1. The third-order valence-electron chi connectivity index (χ3n) is 3.38. The summed E-state index contributed by atoms with van der Waals surface area (Å²) in [6, 6.07) is 0. The van der Waals surface area contributed by atoms with Crippen LogP contribution in [0.2, 0.25) is 0 Å². The van der Waals surface area contributed by atoms with E-state index in [9.17, 15) is 25.5 Å². The molecule has 0 radical (unpaired) electrons. The first-order chi connectivity index (χ1) is 8.65. The number of carboxylic acid groups (broad SMARTS) is 1. The molecule has 0 rings (SSSR count). The number of hydrogen-bond acceptors (Lipinski definition) is 7. The van der Waals surface area contributed by atoms with Gasteiger partial charge >= 0.3 is 0 Å². The zero-order valence-corrected chi connectivity index (χ0v) is 12.4. The molecule has 0 saturated carbocycles. The maximum absolute atomic E-state index is 10.1. The molecule has 5 atom stereocenters. The SMILES string of the molecule is CC(=O)O.CC(O)[C@@H](O)[C@](C)(O)[C@](C)(O)[C@@](C)(O)CO. The average Bonchev–Trinajstić information content (AvgIpc) is 2.26. The highest BCUT2D eigenvalue weighted by atomic mass is 16.4. The minimum atomic E-state index is -2.20. The van der Waals surface area contributed by atoms with E-state index in [0.29, 0.717) is 0 Å². The average molecular weight is 298 g/mol. The molecule has 0 aromatic heterocycles. The Morgan fingerprint density at radius 2 is 1.40 bits per heavy atom. The van der Waals surface area contributed by atoms with Crippen molar-refractivity contribution in [2.24, 2.45) is 0 Å².